The fraction of sp³-hybridized carbons (Fsp3) is 0.357. The summed E-state index contributed by atoms with van der Waals surface area (Å²) < 4.78 is 22.4. The van der Waals surface area contributed by atoms with Crippen molar-refractivity contribution >= 4 is 23.2 Å². The largest absolute Gasteiger partial charge is 0.493 e. The van der Waals surface area contributed by atoms with Gasteiger partial charge in [0.05, 0.1) is 13.2 Å². The molecule has 2 aromatic carbocycles. The molecule has 1 aromatic heterocycles. The van der Waals surface area contributed by atoms with Crippen molar-refractivity contribution in [2.24, 2.45) is 0 Å². The van der Waals surface area contributed by atoms with Crippen LogP contribution in [-0.4, -0.2) is 61.3 Å². The number of carbonyl (C=O) groups is 2. The fourth-order valence-corrected chi connectivity index (χ4v) is 5.89. The Kier molecular flexibility index (Phi) is 6.38. The molecule has 0 bridgehead atoms. The van der Waals surface area contributed by atoms with E-state index in [1.807, 2.05) is 29.2 Å². The first-order valence-corrected chi connectivity index (χ1v) is 13.3. The molecule has 2 aliphatic heterocycles. The van der Waals surface area contributed by atoms with E-state index in [0.717, 1.165) is 24.8 Å². The summed E-state index contributed by atoms with van der Waals surface area (Å²) in [6.07, 6.45) is 2.60. The summed E-state index contributed by atoms with van der Waals surface area (Å²) >= 11 is 1.71. The highest BCUT2D eigenvalue weighted by Crippen LogP contribution is 2.37. The molecule has 1 atom stereocenters. The van der Waals surface area contributed by atoms with Gasteiger partial charge in [0.25, 0.3) is 5.91 Å². The van der Waals surface area contributed by atoms with Crippen molar-refractivity contribution in [3.63, 3.8) is 0 Å². The third kappa shape index (κ3) is 4.71. The summed E-state index contributed by atoms with van der Waals surface area (Å²) in [6.45, 7) is 1.07. The minimum absolute atomic E-state index is 0.0303. The summed E-state index contributed by atoms with van der Waals surface area (Å²) in [5, 5.41) is 2.06. The molecule has 3 heterocycles. The van der Waals surface area contributed by atoms with Crippen molar-refractivity contribution in [3.8, 4) is 23.0 Å². The van der Waals surface area contributed by atoms with Crippen LogP contribution in [0.25, 0.3) is 0 Å². The second-order valence-corrected chi connectivity index (χ2v) is 10.3. The van der Waals surface area contributed by atoms with Crippen LogP contribution in [-0.2, 0) is 11.2 Å². The van der Waals surface area contributed by atoms with Crippen LogP contribution < -0.4 is 18.9 Å². The molecule has 1 fully saturated rings. The average Bonchev–Trinajstić information content (AvgIpc) is 3.45. The number of benzene rings is 2. The monoisotopic (exact) mass is 520 g/mol. The lowest BCUT2D eigenvalue weighted by Gasteiger charge is -2.37. The van der Waals surface area contributed by atoms with Crippen molar-refractivity contribution in [2.45, 2.75) is 31.3 Å². The standard InChI is InChI=1S/C28H28N2O6S/c1-33-22-4-2-3-5-23(22)34-16-21-20-11-13-37-26(20)10-12-29(21)27(31)15-30(19-7-8-19)28(32)18-6-9-24-25(14-18)36-17-35-24/h2-6,9,11,13-14,19,21H,7-8,10,12,15-17H2,1H3. The van der Waals surface area contributed by atoms with Crippen molar-refractivity contribution in [1.29, 1.82) is 0 Å². The number of carbonyl (C=O) groups excluding carboxylic acids is 2. The van der Waals surface area contributed by atoms with E-state index in [1.165, 1.54) is 4.88 Å². The van der Waals surface area contributed by atoms with Crippen molar-refractivity contribution in [3.05, 3.63) is 69.9 Å². The van der Waals surface area contributed by atoms with Gasteiger partial charge in [0, 0.05) is 23.0 Å². The SMILES string of the molecule is COc1ccccc1OCC1c2ccsc2CCN1C(=O)CN(C(=O)c1ccc2c(c1)OCO2)C1CC1. The van der Waals surface area contributed by atoms with Gasteiger partial charge in [-0.25, -0.2) is 0 Å². The molecule has 0 spiro atoms. The maximum atomic E-state index is 13.8. The summed E-state index contributed by atoms with van der Waals surface area (Å²) in [6, 6.07) is 14.6. The van der Waals surface area contributed by atoms with Crippen LogP contribution in [0, 0.1) is 0 Å². The summed E-state index contributed by atoms with van der Waals surface area (Å²) in [5.74, 6) is 2.23. The number of ether oxygens (including phenoxy) is 4. The lowest BCUT2D eigenvalue weighted by molar-refractivity contribution is -0.135. The zero-order chi connectivity index (χ0) is 25.4. The van der Waals surface area contributed by atoms with Crippen LogP contribution in [0.5, 0.6) is 23.0 Å². The topological polar surface area (TPSA) is 77.5 Å². The van der Waals surface area contributed by atoms with Gasteiger partial charge in [0.15, 0.2) is 23.0 Å². The predicted molar refractivity (Wildman–Crippen MR) is 138 cm³/mol. The maximum Gasteiger partial charge on any atom is 0.254 e. The van der Waals surface area contributed by atoms with Crippen LogP contribution in [0.1, 0.15) is 39.7 Å². The zero-order valence-corrected chi connectivity index (χ0v) is 21.4. The van der Waals surface area contributed by atoms with E-state index in [9.17, 15) is 9.59 Å². The molecule has 0 saturated heterocycles. The molecular formula is C28H28N2O6S. The molecule has 3 aliphatic rings. The third-order valence-corrected chi connectivity index (χ3v) is 8.05. The van der Waals surface area contributed by atoms with Gasteiger partial charge in [0.2, 0.25) is 12.7 Å². The highest BCUT2D eigenvalue weighted by Gasteiger charge is 2.38. The number of fused-ring (bicyclic) bond motifs is 2. The van der Waals surface area contributed by atoms with Crippen molar-refractivity contribution in [1.82, 2.24) is 9.80 Å². The number of hydrogen-bond donors (Lipinski definition) is 0. The van der Waals surface area contributed by atoms with E-state index in [2.05, 4.69) is 11.4 Å². The van der Waals surface area contributed by atoms with Gasteiger partial charge in [-0.2, -0.15) is 0 Å². The van der Waals surface area contributed by atoms with Gasteiger partial charge in [-0.05, 0) is 66.6 Å². The highest BCUT2D eigenvalue weighted by atomic mass is 32.1. The second kappa shape index (κ2) is 9.97. The summed E-state index contributed by atoms with van der Waals surface area (Å²) in [5.41, 5.74) is 1.61. The van der Waals surface area contributed by atoms with E-state index >= 15 is 0 Å². The maximum absolute atomic E-state index is 13.8. The van der Waals surface area contributed by atoms with Gasteiger partial charge in [-0.15, -0.1) is 11.3 Å². The van der Waals surface area contributed by atoms with E-state index in [0.29, 0.717) is 41.7 Å². The van der Waals surface area contributed by atoms with Crippen LogP contribution in [0.15, 0.2) is 53.9 Å². The molecule has 8 nitrogen and oxygen atoms in total. The van der Waals surface area contributed by atoms with Gasteiger partial charge in [-0.3, -0.25) is 9.59 Å². The number of para-hydroxylation sites is 2. The first-order chi connectivity index (χ1) is 18.1. The smallest absolute Gasteiger partial charge is 0.254 e. The molecule has 1 unspecified atom stereocenters. The second-order valence-electron chi connectivity index (χ2n) is 9.35. The van der Waals surface area contributed by atoms with Crippen LogP contribution in [0.4, 0.5) is 0 Å². The average molecular weight is 521 g/mol. The minimum Gasteiger partial charge on any atom is -0.493 e. The lowest BCUT2D eigenvalue weighted by atomic mass is 10.00. The Morgan fingerprint density at radius 2 is 1.89 bits per heavy atom. The molecule has 0 N–H and O–H groups in total. The third-order valence-electron chi connectivity index (χ3n) is 7.05. The van der Waals surface area contributed by atoms with E-state index < -0.39 is 0 Å². The van der Waals surface area contributed by atoms with Gasteiger partial charge in [0.1, 0.15) is 13.2 Å². The summed E-state index contributed by atoms with van der Waals surface area (Å²) in [7, 11) is 1.61. The predicted octanol–water partition coefficient (Wildman–Crippen LogP) is 4.30. The Labute approximate surface area is 219 Å². The van der Waals surface area contributed by atoms with Crippen LogP contribution in [0.2, 0.25) is 0 Å². The molecule has 37 heavy (non-hydrogen) atoms. The highest BCUT2D eigenvalue weighted by molar-refractivity contribution is 7.10. The number of rotatable bonds is 8. The minimum atomic E-state index is -0.242. The molecule has 0 radical (unpaired) electrons. The Hall–Kier alpha value is -3.72. The molecule has 1 aliphatic carbocycles. The number of methoxy groups -OCH3 is 1. The molecule has 9 heteroatoms. The molecule has 6 rings (SSSR count). The Morgan fingerprint density at radius 3 is 2.70 bits per heavy atom. The number of nitrogens with zero attached hydrogens (tertiary/aromatic N) is 2. The first kappa shape index (κ1) is 23.7. The Bertz CT molecular complexity index is 1320. The molecule has 192 valence electrons. The number of thiophene rings is 1. The van der Waals surface area contributed by atoms with Gasteiger partial charge in [-0.1, -0.05) is 12.1 Å². The lowest BCUT2D eigenvalue weighted by Crippen LogP contribution is -2.48. The normalized spacial score (nSPS) is 17.8. The Balaban J connectivity index is 1.21. The van der Waals surface area contributed by atoms with Crippen molar-refractivity contribution in [2.75, 3.05) is 33.6 Å². The number of amides is 2. The number of hydrogen-bond acceptors (Lipinski definition) is 7. The van der Waals surface area contributed by atoms with Crippen LogP contribution >= 0.6 is 11.3 Å². The van der Waals surface area contributed by atoms with Gasteiger partial charge >= 0.3 is 0 Å². The fourth-order valence-electron chi connectivity index (χ4n) is 4.97. The molecular weight excluding hydrogens is 492 g/mol. The van der Waals surface area contributed by atoms with Gasteiger partial charge < -0.3 is 28.7 Å². The summed E-state index contributed by atoms with van der Waals surface area (Å²) in [4.78, 5) is 32.1. The van der Waals surface area contributed by atoms with E-state index in [-0.39, 0.29) is 37.2 Å². The van der Waals surface area contributed by atoms with E-state index in [1.54, 1.807) is 41.5 Å². The zero-order valence-electron chi connectivity index (χ0n) is 20.6. The van der Waals surface area contributed by atoms with E-state index in [4.69, 9.17) is 18.9 Å². The first-order valence-electron chi connectivity index (χ1n) is 12.4. The molecule has 2 amide bonds. The Morgan fingerprint density at radius 1 is 1.08 bits per heavy atom. The quantitative estimate of drug-likeness (QED) is 0.441. The molecule has 1 saturated carbocycles. The molecule has 3 aromatic rings. The van der Waals surface area contributed by atoms with Crippen molar-refractivity contribution < 1.29 is 28.5 Å². The van der Waals surface area contributed by atoms with Crippen LogP contribution in [0.3, 0.4) is 0 Å².